The number of anilines is 1. The first-order chi connectivity index (χ1) is 15.3. The van der Waals surface area contributed by atoms with Crippen molar-refractivity contribution in [3.8, 4) is 0 Å². The van der Waals surface area contributed by atoms with E-state index in [1.54, 1.807) is 53.4 Å². The molecule has 4 nitrogen and oxygen atoms in total. The summed E-state index contributed by atoms with van der Waals surface area (Å²) >= 11 is 13.3. The van der Waals surface area contributed by atoms with Crippen LogP contribution in [0.4, 0.5) is 11.4 Å². The molecule has 3 aromatic rings. The molecule has 0 saturated carbocycles. The topological polar surface area (TPSA) is 49.7 Å². The summed E-state index contributed by atoms with van der Waals surface area (Å²) in [5.41, 5.74) is 3.89. The van der Waals surface area contributed by atoms with Crippen molar-refractivity contribution in [1.82, 2.24) is 0 Å². The van der Waals surface area contributed by atoms with Crippen LogP contribution in [-0.4, -0.2) is 22.1 Å². The number of amidine groups is 1. The summed E-state index contributed by atoms with van der Waals surface area (Å²) in [5, 5.41) is 1.13. The largest absolute Gasteiger partial charge is 0.294 e. The van der Waals surface area contributed by atoms with Gasteiger partial charge in [0.2, 0.25) is 5.91 Å². The molecule has 0 radical (unpaired) electrons. The fraction of sp³-hybridized carbons (Fsp3) is 0.160. The Hall–Kier alpha value is -2.60. The minimum Gasteiger partial charge on any atom is -0.294 e. The van der Waals surface area contributed by atoms with Gasteiger partial charge in [0.1, 0.15) is 0 Å². The van der Waals surface area contributed by atoms with Crippen LogP contribution in [0.5, 0.6) is 0 Å². The van der Waals surface area contributed by atoms with Gasteiger partial charge in [0.25, 0.3) is 0 Å². The zero-order valence-electron chi connectivity index (χ0n) is 17.5. The Labute approximate surface area is 201 Å². The van der Waals surface area contributed by atoms with Crippen LogP contribution in [-0.2, 0) is 4.79 Å². The molecular formula is C25H20Cl2N2O2S. The number of halogens is 2. The lowest BCUT2D eigenvalue weighted by atomic mass is 9.99. The molecule has 1 saturated heterocycles. The molecular weight excluding hydrogens is 463 g/mol. The van der Waals surface area contributed by atoms with E-state index in [0.717, 1.165) is 11.1 Å². The maximum Gasteiger partial charge on any atom is 0.247 e. The van der Waals surface area contributed by atoms with Crippen LogP contribution in [0, 0.1) is 13.8 Å². The molecule has 4 rings (SSSR count). The second-order valence-corrected chi connectivity index (χ2v) is 9.62. The van der Waals surface area contributed by atoms with E-state index in [2.05, 4.69) is 4.99 Å². The number of thioether (sulfide) groups is 1. The Kier molecular flexibility index (Phi) is 6.70. The van der Waals surface area contributed by atoms with Crippen LogP contribution in [0.1, 0.15) is 27.9 Å². The normalized spacial score (nSPS) is 17.2. The predicted molar refractivity (Wildman–Crippen MR) is 134 cm³/mol. The number of amides is 1. The molecule has 0 aliphatic carbocycles. The molecule has 1 aliphatic heterocycles. The third-order valence-electron chi connectivity index (χ3n) is 5.14. The average molecular weight is 483 g/mol. The number of benzene rings is 3. The van der Waals surface area contributed by atoms with Crippen molar-refractivity contribution < 1.29 is 9.59 Å². The molecule has 162 valence electrons. The van der Waals surface area contributed by atoms with Crippen LogP contribution in [0.2, 0.25) is 10.0 Å². The van der Waals surface area contributed by atoms with Gasteiger partial charge in [-0.05, 0) is 74.0 Å². The zero-order chi connectivity index (χ0) is 22.8. The van der Waals surface area contributed by atoms with Crippen molar-refractivity contribution in [2.75, 3.05) is 4.90 Å². The number of Topliss-reactive ketones (excluding diaryl/α,β-unsaturated/α-hetero) is 1. The van der Waals surface area contributed by atoms with Crippen molar-refractivity contribution in [2.45, 2.75) is 25.5 Å². The molecule has 1 unspecified atom stereocenters. The van der Waals surface area contributed by atoms with Gasteiger partial charge in [0.05, 0.1) is 16.6 Å². The van der Waals surface area contributed by atoms with E-state index in [4.69, 9.17) is 23.2 Å². The SMILES string of the molecule is Cc1ccc(C)c(C(=O)CC2SC(=Nc3ccc(Cl)cc3)N(c3ccc(Cl)cc3)C2=O)c1. The van der Waals surface area contributed by atoms with Gasteiger partial charge in [-0.2, -0.15) is 0 Å². The van der Waals surface area contributed by atoms with E-state index >= 15 is 0 Å². The van der Waals surface area contributed by atoms with Crippen molar-refractivity contribution in [1.29, 1.82) is 0 Å². The second-order valence-electron chi connectivity index (χ2n) is 7.57. The second kappa shape index (κ2) is 9.49. The molecule has 0 spiro atoms. The first-order valence-corrected chi connectivity index (χ1v) is 11.7. The monoisotopic (exact) mass is 482 g/mol. The van der Waals surface area contributed by atoms with Gasteiger partial charge in [0.15, 0.2) is 11.0 Å². The van der Waals surface area contributed by atoms with Gasteiger partial charge >= 0.3 is 0 Å². The van der Waals surface area contributed by atoms with Gasteiger partial charge < -0.3 is 0 Å². The highest BCUT2D eigenvalue weighted by Gasteiger charge is 2.40. The molecule has 1 amide bonds. The highest BCUT2D eigenvalue weighted by atomic mass is 35.5. The molecule has 1 aliphatic rings. The van der Waals surface area contributed by atoms with E-state index in [1.165, 1.54) is 11.8 Å². The Morgan fingerprint density at radius 2 is 1.59 bits per heavy atom. The Bertz CT molecular complexity index is 1210. The third kappa shape index (κ3) is 4.90. The summed E-state index contributed by atoms with van der Waals surface area (Å²) in [6.45, 7) is 3.86. The number of carbonyl (C=O) groups excluding carboxylic acids is 2. The Morgan fingerprint density at radius 3 is 2.25 bits per heavy atom. The number of rotatable bonds is 5. The Morgan fingerprint density at radius 1 is 0.969 bits per heavy atom. The molecule has 0 bridgehead atoms. The van der Waals surface area contributed by atoms with E-state index < -0.39 is 5.25 Å². The maximum atomic E-state index is 13.4. The van der Waals surface area contributed by atoms with E-state index in [1.807, 2.05) is 32.0 Å². The predicted octanol–water partition coefficient (Wildman–Crippen LogP) is 7.02. The number of nitrogens with zero attached hydrogens (tertiary/aromatic N) is 2. The molecule has 0 N–H and O–H groups in total. The molecule has 7 heteroatoms. The smallest absolute Gasteiger partial charge is 0.247 e. The minimum atomic E-state index is -0.566. The van der Waals surface area contributed by atoms with Crippen LogP contribution in [0.15, 0.2) is 71.7 Å². The van der Waals surface area contributed by atoms with Gasteiger partial charge in [-0.25, -0.2) is 4.99 Å². The van der Waals surface area contributed by atoms with Crippen molar-refractivity contribution in [2.24, 2.45) is 4.99 Å². The van der Waals surface area contributed by atoms with E-state index in [9.17, 15) is 9.59 Å². The molecule has 32 heavy (non-hydrogen) atoms. The van der Waals surface area contributed by atoms with Crippen molar-refractivity contribution in [3.63, 3.8) is 0 Å². The highest BCUT2D eigenvalue weighted by Crippen LogP contribution is 2.36. The van der Waals surface area contributed by atoms with E-state index in [-0.39, 0.29) is 18.1 Å². The van der Waals surface area contributed by atoms with Crippen LogP contribution in [0.3, 0.4) is 0 Å². The summed E-state index contributed by atoms with van der Waals surface area (Å²) in [7, 11) is 0. The van der Waals surface area contributed by atoms with Gasteiger partial charge in [-0.3, -0.25) is 14.5 Å². The minimum absolute atomic E-state index is 0.0548. The first kappa shape index (κ1) is 22.6. The summed E-state index contributed by atoms with van der Waals surface area (Å²) in [6.07, 6.45) is 0.0948. The van der Waals surface area contributed by atoms with Crippen LogP contribution >= 0.6 is 35.0 Å². The fourth-order valence-corrected chi connectivity index (χ4v) is 4.85. The van der Waals surface area contributed by atoms with Crippen LogP contribution < -0.4 is 4.90 Å². The number of hydrogen-bond donors (Lipinski definition) is 0. The van der Waals surface area contributed by atoms with Gasteiger partial charge in [-0.15, -0.1) is 0 Å². The summed E-state index contributed by atoms with van der Waals surface area (Å²) < 4.78 is 0. The summed E-state index contributed by atoms with van der Waals surface area (Å²) in [6, 6.07) is 19.8. The third-order valence-corrected chi connectivity index (χ3v) is 6.78. The summed E-state index contributed by atoms with van der Waals surface area (Å²) in [4.78, 5) is 32.7. The van der Waals surface area contributed by atoms with Gasteiger partial charge in [0, 0.05) is 22.0 Å². The van der Waals surface area contributed by atoms with Gasteiger partial charge in [-0.1, -0.05) is 52.7 Å². The highest BCUT2D eigenvalue weighted by molar-refractivity contribution is 8.16. The van der Waals surface area contributed by atoms with Crippen molar-refractivity contribution >= 4 is 63.2 Å². The molecule has 1 atom stereocenters. The average Bonchev–Trinajstić information content (AvgIpc) is 3.06. The number of aryl methyl sites for hydroxylation is 2. The quantitative estimate of drug-likeness (QED) is 0.367. The molecule has 3 aromatic carbocycles. The molecule has 1 fully saturated rings. The van der Waals surface area contributed by atoms with E-state index in [0.29, 0.717) is 32.2 Å². The van der Waals surface area contributed by atoms with Crippen LogP contribution in [0.25, 0.3) is 0 Å². The number of aliphatic imine (C=N–C) groups is 1. The lowest BCUT2D eigenvalue weighted by Crippen LogP contribution is -2.32. The lowest BCUT2D eigenvalue weighted by Gasteiger charge is -2.16. The summed E-state index contributed by atoms with van der Waals surface area (Å²) in [5.74, 6) is -0.232. The maximum absolute atomic E-state index is 13.4. The van der Waals surface area contributed by atoms with Crippen molar-refractivity contribution in [3.05, 3.63) is 93.5 Å². The molecule has 0 aromatic heterocycles. The zero-order valence-corrected chi connectivity index (χ0v) is 19.8. The molecule has 1 heterocycles. The number of carbonyl (C=O) groups is 2. The standard InChI is InChI=1S/C25H20Cl2N2O2S/c1-15-3-4-16(2)21(13-15)22(30)14-23-24(31)29(20-11-7-18(27)8-12-20)25(32-23)28-19-9-5-17(26)6-10-19/h3-13,23H,14H2,1-2H3. The Balaban J connectivity index is 1.67. The number of hydrogen-bond acceptors (Lipinski definition) is 4. The number of ketones is 1. The lowest BCUT2D eigenvalue weighted by molar-refractivity contribution is -0.116. The fourth-order valence-electron chi connectivity index (χ4n) is 3.44. The first-order valence-electron chi connectivity index (χ1n) is 10.0.